The zero-order valence-electron chi connectivity index (χ0n) is 22.2. The lowest BCUT2D eigenvalue weighted by molar-refractivity contribution is -0.143. The predicted molar refractivity (Wildman–Crippen MR) is 142 cm³/mol. The summed E-state index contributed by atoms with van der Waals surface area (Å²) in [6.07, 6.45) is 8.59. The maximum Gasteiger partial charge on any atom is 0.470 e. The fraction of sp³-hybridized carbons (Fsp3) is 0.607. The standard InChI is InChI=1S/C28H43O7P/c1-6-8-10-12-21-17-24(29)27(23-16-20(5)14-15-22(23)19(3)4)26(18-21)34-28(30)25(13-11-9-7-2)35-36(31,32)33/h16-18,22-23,25,29H,3,6-15H2,1-2,4-5H3,(H2,31,32,33)/t22-,23+,25?/m0/s1. The quantitative estimate of drug-likeness (QED) is 0.0785. The van der Waals surface area contributed by atoms with Crippen molar-refractivity contribution in [2.75, 3.05) is 0 Å². The van der Waals surface area contributed by atoms with Crippen LogP contribution < -0.4 is 4.74 Å². The minimum Gasteiger partial charge on any atom is -0.507 e. The van der Waals surface area contributed by atoms with E-state index in [9.17, 15) is 24.3 Å². The van der Waals surface area contributed by atoms with Gasteiger partial charge in [-0.3, -0.25) is 4.52 Å². The summed E-state index contributed by atoms with van der Waals surface area (Å²) in [5.41, 5.74) is 3.51. The molecule has 8 heteroatoms. The second-order valence-electron chi connectivity index (χ2n) is 10.0. The lowest BCUT2D eigenvalue weighted by Gasteiger charge is -2.32. The lowest BCUT2D eigenvalue weighted by atomic mass is 9.73. The molecule has 36 heavy (non-hydrogen) atoms. The number of esters is 1. The highest BCUT2D eigenvalue weighted by Crippen LogP contribution is 2.47. The molecule has 1 aliphatic rings. The van der Waals surface area contributed by atoms with Crippen LogP contribution in [-0.4, -0.2) is 27.0 Å². The summed E-state index contributed by atoms with van der Waals surface area (Å²) in [6, 6.07) is 3.51. The molecule has 1 unspecified atom stereocenters. The SMILES string of the molecule is C=C(C)[C@@H]1CCC(C)=C[C@H]1c1c(O)cc(CCCCC)cc1OC(=O)C(CCCCC)OP(=O)(O)O. The van der Waals surface area contributed by atoms with Gasteiger partial charge in [0.2, 0.25) is 0 Å². The number of allylic oxidation sites excluding steroid dienone is 3. The van der Waals surface area contributed by atoms with Gasteiger partial charge >= 0.3 is 13.8 Å². The average molecular weight is 523 g/mol. The van der Waals surface area contributed by atoms with Gasteiger partial charge in [-0.15, -0.1) is 0 Å². The van der Waals surface area contributed by atoms with Crippen LogP contribution >= 0.6 is 7.82 Å². The van der Waals surface area contributed by atoms with Crippen molar-refractivity contribution in [3.8, 4) is 11.5 Å². The normalized spacial score (nSPS) is 19.0. The molecule has 0 aliphatic heterocycles. The van der Waals surface area contributed by atoms with Crippen LogP contribution in [0.15, 0.2) is 35.9 Å². The molecule has 0 heterocycles. The molecule has 0 spiro atoms. The van der Waals surface area contributed by atoms with Crippen molar-refractivity contribution in [1.29, 1.82) is 0 Å². The summed E-state index contributed by atoms with van der Waals surface area (Å²) < 4.78 is 22.2. The monoisotopic (exact) mass is 522 g/mol. The zero-order chi connectivity index (χ0) is 26.9. The van der Waals surface area contributed by atoms with Gasteiger partial charge in [0.25, 0.3) is 0 Å². The number of benzene rings is 1. The van der Waals surface area contributed by atoms with E-state index in [1.54, 1.807) is 12.1 Å². The predicted octanol–water partition coefficient (Wildman–Crippen LogP) is 7.10. The van der Waals surface area contributed by atoms with Gasteiger partial charge in [0.05, 0.1) is 0 Å². The summed E-state index contributed by atoms with van der Waals surface area (Å²) in [6.45, 7) is 12.3. The first-order valence-corrected chi connectivity index (χ1v) is 14.6. The number of ether oxygens (including phenoxy) is 1. The Morgan fingerprint density at radius 2 is 1.83 bits per heavy atom. The van der Waals surface area contributed by atoms with Crippen LogP contribution in [0.2, 0.25) is 0 Å². The summed E-state index contributed by atoms with van der Waals surface area (Å²) >= 11 is 0. The minimum atomic E-state index is -4.91. The van der Waals surface area contributed by atoms with Crippen LogP contribution in [0.1, 0.15) is 103 Å². The highest BCUT2D eigenvalue weighted by atomic mass is 31.2. The first-order chi connectivity index (χ1) is 17.0. The van der Waals surface area contributed by atoms with E-state index >= 15 is 0 Å². The van der Waals surface area contributed by atoms with Gasteiger partial charge in [-0.25, -0.2) is 9.36 Å². The molecule has 0 fully saturated rings. The third kappa shape index (κ3) is 9.19. The van der Waals surface area contributed by atoms with E-state index in [-0.39, 0.29) is 29.8 Å². The third-order valence-corrected chi connectivity index (χ3v) is 7.30. The van der Waals surface area contributed by atoms with E-state index in [1.807, 2.05) is 20.8 Å². The van der Waals surface area contributed by atoms with Crippen molar-refractivity contribution >= 4 is 13.8 Å². The van der Waals surface area contributed by atoms with Crippen LogP contribution in [0.5, 0.6) is 11.5 Å². The number of phenols is 1. The molecule has 0 amide bonds. The fourth-order valence-electron chi connectivity index (χ4n) is 4.85. The Morgan fingerprint density at radius 1 is 1.17 bits per heavy atom. The molecule has 2 rings (SSSR count). The molecule has 0 aromatic heterocycles. The van der Waals surface area contributed by atoms with Crippen molar-refractivity contribution in [2.45, 2.75) is 104 Å². The number of phosphoric acid groups is 1. The van der Waals surface area contributed by atoms with E-state index in [0.29, 0.717) is 18.4 Å². The third-order valence-electron chi connectivity index (χ3n) is 6.77. The van der Waals surface area contributed by atoms with Gasteiger partial charge in [0.1, 0.15) is 11.5 Å². The molecule has 3 N–H and O–H groups in total. The highest BCUT2D eigenvalue weighted by molar-refractivity contribution is 7.46. The molecule has 1 aliphatic carbocycles. The Labute approximate surface area is 215 Å². The molecule has 0 saturated carbocycles. The van der Waals surface area contributed by atoms with Gasteiger partial charge in [0.15, 0.2) is 6.10 Å². The van der Waals surface area contributed by atoms with E-state index in [2.05, 4.69) is 19.6 Å². The first kappa shape index (κ1) is 30.3. The number of rotatable bonds is 14. The van der Waals surface area contributed by atoms with Crippen LogP contribution in [-0.2, 0) is 20.3 Å². The van der Waals surface area contributed by atoms with E-state index in [4.69, 9.17) is 9.26 Å². The highest BCUT2D eigenvalue weighted by Gasteiger charge is 2.34. The Kier molecular flexibility index (Phi) is 11.9. The number of phosphoric ester groups is 1. The average Bonchev–Trinajstić information content (AvgIpc) is 2.77. The smallest absolute Gasteiger partial charge is 0.470 e. The Hall–Kier alpha value is -1.92. The number of carbonyl (C=O) groups is 1. The van der Waals surface area contributed by atoms with Gasteiger partial charge in [-0.1, -0.05) is 69.8 Å². The Bertz CT molecular complexity index is 978. The van der Waals surface area contributed by atoms with Crippen molar-refractivity contribution in [2.24, 2.45) is 5.92 Å². The largest absolute Gasteiger partial charge is 0.507 e. The van der Waals surface area contributed by atoms with E-state index in [0.717, 1.165) is 56.1 Å². The number of aryl methyl sites for hydroxylation is 1. The molecule has 0 radical (unpaired) electrons. The Balaban J connectivity index is 2.50. The molecular weight excluding hydrogens is 479 g/mol. The zero-order valence-corrected chi connectivity index (χ0v) is 23.1. The molecule has 1 aromatic carbocycles. The van der Waals surface area contributed by atoms with Gasteiger partial charge in [0, 0.05) is 11.5 Å². The fourth-order valence-corrected chi connectivity index (χ4v) is 5.37. The van der Waals surface area contributed by atoms with Crippen LogP contribution in [0.3, 0.4) is 0 Å². The number of unbranched alkanes of at least 4 members (excludes halogenated alkanes) is 4. The summed E-state index contributed by atoms with van der Waals surface area (Å²) in [7, 11) is -4.91. The molecule has 7 nitrogen and oxygen atoms in total. The van der Waals surface area contributed by atoms with Gasteiger partial charge in [-0.05, 0) is 69.6 Å². The van der Waals surface area contributed by atoms with E-state index in [1.165, 1.54) is 5.57 Å². The van der Waals surface area contributed by atoms with Gasteiger partial charge < -0.3 is 19.6 Å². The molecular formula is C28H43O7P. The van der Waals surface area contributed by atoms with E-state index < -0.39 is 19.9 Å². The summed E-state index contributed by atoms with van der Waals surface area (Å²) in [4.78, 5) is 31.9. The lowest BCUT2D eigenvalue weighted by Crippen LogP contribution is -2.29. The number of hydrogen-bond donors (Lipinski definition) is 3. The second-order valence-corrected chi connectivity index (χ2v) is 11.2. The maximum atomic E-state index is 13.2. The molecule has 1 aromatic rings. The first-order valence-electron chi connectivity index (χ1n) is 13.1. The minimum absolute atomic E-state index is 0.0486. The van der Waals surface area contributed by atoms with Crippen molar-refractivity contribution in [3.05, 3.63) is 47.1 Å². The topological polar surface area (TPSA) is 113 Å². The van der Waals surface area contributed by atoms with Crippen LogP contribution in [0.25, 0.3) is 0 Å². The second kappa shape index (κ2) is 14.1. The number of hydrogen-bond acceptors (Lipinski definition) is 5. The van der Waals surface area contributed by atoms with Crippen LogP contribution in [0.4, 0.5) is 0 Å². The van der Waals surface area contributed by atoms with Crippen molar-refractivity contribution in [3.63, 3.8) is 0 Å². The molecule has 0 saturated heterocycles. The van der Waals surface area contributed by atoms with Crippen molar-refractivity contribution < 1.29 is 33.5 Å². The molecule has 0 bridgehead atoms. The Morgan fingerprint density at radius 3 is 2.44 bits per heavy atom. The number of carbonyl (C=O) groups excluding carboxylic acids is 1. The van der Waals surface area contributed by atoms with Crippen LogP contribution in [0, 0.1) is 5.92 Å². The van der Waals surface area contributed by atoms with Gasteiger partial charge in [-0.2, -0.15) is 0 Å². The number of aromatic hydroxyl groups is 1. The molecule has 3 atom stereocenters. The molecule has 202 valence electrons. The summed E-state index contributed by atoms with van der Waals surface area (Å²) in [5.74, 6) is -0.778. The number of phenolic OH excluding ortho intramolecular Hbond substituents is 1. The maximum absolute atomic E-state index is 13.2. The summed E-state index contributed by atoms with van der Waals surface area (Å²) in [5, 5.41) is 11.2. The van der Waals surface area contributed by atoms with Crippen molar-refractivity contribution in [1.82, 2.24) is 0 Å².